The third-order valence-electron chi connectivity index (χ3n) is 8.32. The average molecular weight is 541 g/mol. The second-order valence-electron chi connectivity index (χ2n) is 11.1. The highest BCUT2D eigenvalue weighted by molar-refractivity contribution is 5.90. The van der Waals surface area contributed by atoms with Crippen molar-refractivity contribution < 1.29 is 32.6 Å². The largest absolute Gasteiger partial charge is 0.480 e. The number of nitrogens with zero attached hydrogens (tertiary/aromatic N) is 2. The van der Waals surface area contributed by atoms with Crippen molar-refractivity contribution in [1.82, 2.24) is 15.2 Å². The Morgan fingerprint density at radius 2 is 1.97 bits per heavy atom. The van der Waals surface area contributed by atoms with Gasteiger partial charge in [0, 0.05) is 31.9 Å². The summed E-state index contributed by atoms with van der Waals surface area (Å²) >= 11 is 0. The number of carbonyl (C=O) groups is 2. The van der Waals surface area contributed by atoms with Gasteiger partial charge in [0.05, 0.1) is 17.4 Å². The minimum Gasteiger partial charge on any atom is -0.480 e. The van der Waals surface area contributed by atoms with Gasteiger partial charge in [-0.25, -0.2) is 9.78 Å². The van der Waals surface area contributed by atoms with Gasteiger partial charge >= 0.3 is 12.1 Å². The highest BCUT2D eigenvalue weighted by Crippen LogP contribution is 2.78. The SMILES string of the molecule is CCOCCN(CCCCc1ccc2c(n1)NCCC2)CCC(NC(=O)C12CC(C(F)(F)F)(C1)C2)C(=O)O. The quantitative estimate of drug-likeness (QED) is 0.291. The lowest BCUT2D eigenvalue weighted by Gasteiger charge is -2.69. The summed E-state index contributed by atoms with van der Waals surface area (Å²) in [4.78, 5) is 31.4. The van der Waals surface area contributed by atoms with Gasteiger partial charge in [0.15, 0.2) is 0 Å². The van der Waals surface area contributed by atoms with Crippen LogP contribution in [-0.2, 0) is 27.2 Å². The smallest absolute Gasteiger partial charge is 0.394 e. The highest BCUT2D eigenvalue weighted by Gasteiger charge is 2.81. The molecular formula is C27H39F3N4O4. The summed E-state index contributed by atoms with van der Waals surface area (Å²) in [6.45, 7) is 5.77. The molecule has 3 saturated carbocycles. The Bertz CT molecular complexity index is 983. The van der Waals surface area contributed by atoms with Crippen LogP contribution in [0.2, 0.25) is 0 Å². The molecule has 3 aliphatic carbocycles. The van der Waals surface area contributed by atoms with Gasteiger partial charge in [0.2, 0.25) is 5.91 Å². The van der Waals surface area contributed by atoms with E-state index in [0.29, 0.717) is 26.3 Å². The summed E-state index contributed by atoms with van der Waals surface area (Å²) in [6.07, 6.45) is -0.00392. The standard InChI is InChI=1S/C27H39F3N4O4/c1-2-38-15-14-34(12-4-3-7-20-9-8-19-6-5-11-31-22(19)32-20)13-10-21(23(35)36)33-24(37)25-16-26(17-25,18-25)27(28,29)30/h8-9,21H,2-7,10-18H2,1H3,(H,31,32)(H,33,37)(H,35,36). The molecule has 0 saturated heterocycles. The van der Waals surface area contributed by atoms with Crippen molar-refractivity contribution in [3.05, 3.63) is 23.4 Å². The fourth-order valence-electron chi connectivity index (χ4n) is 6.03. The van der Waals surface area contributed by atoms with Crippen molar-refractivity contribution in [1.29, 1.82) is 0 Å². The second-order valence-corrected chi connectivity index (χ2v) is 11.1. The number of alkyl halides is 3. The third-order valence-corrected chi connectivity index (χ3v) is 8.32. The van der Waals surface area contributed by atoms with Gasteiger partial charge in [-0.15, -0.1) is 0 Å². The van der Waals surface area contributed by atoms with Crippen LogP contribution in [0.3, 0.4) is 0 Å². The molecule has 38 heavy (non-hydrogen) atoms. The molecule has 1 atom stereocenters. The van der Waals surface area contributed by atoms with Crippen LogP contribution < -0.4 is 10.6 Å². The zero-order valence-electron chi connectivity index (χ0n) is 22.0. The number of unbranched alkanes of at least 4 members (excludes halogenated alkanes) is 1. The molecule has 1 aliphatic heterocycles. The van der Waals surface area contributed by atoms with Crippen LogP contribution >= 0.6 is 0 Å². The summed E-state index contributed by atoms with van der Waals surface area (Å²) in [6, 6.07) is 3.09. The maximum Gasteiger partial charge on any atom is 0.394 e. The molecule has 2 bridgehead atoms. The van der Waals surface area contributed by atoms with E-state index in [4.69, 9.17) is 9.72 Å². The molecule has 0 spiro atoms. The maximum absolute atomic E-state index is 13.1. The van der Waals surface area contributed by atoms with E-state index in [-0.39, 0.29) is 25.7 Å². The number of carbonyl (C=O) groups excluding carboxylic acids is 1. The van der Waals surface area contributed by atoms with Gasteiger partial charge in [-0.3, -0.25) is 4.79 Å². The van der Waals surface area contributed by atoms with Crippen molar-refractivity contribution in [3.63, 3.8) is 0 Å². The number of carboxylic acid groups (broad SMARTS) is 1. The van der Waals surface area contributed by atoms with Crippen molar-refractivity contribution in [2.45, 2.75) is 76.9 Å². The number of pyridine rings is 1. The molecule has 5 rings (SSSR count). The summed E-state index contributed by atoms with van der Waals surface area (Å²) < 4.78 is 44.9. The number of anilines is 1. The second kappa shape index (κ2) is 11.8. The zero-order chi connectivity index (χ0) is 27.4. The molecule has 1 aromatic heterocycles. The first-order chi connectivity index (χ1) is 18.1. The Morgan fingerprint density at radius 1 is 1.21 bits per heavy atom. The normalized spacial score (nSPS) is 24.6. The topological polar surface area (TPSA) is 104 Å². The maximum atomic E-state index is 13.1. The van der Waals surface area contributed by atoms with Gasteiger partial charge < -0.3 is 25.4 Å². The van der Waals surface area contributed by atoms with Crippen molar-refractivity contribution in [2.75, 3.05) is 44.7 Å². The van der Waals surface area contributed by atoms with E-state index >= 15 is 0 Å². The van der Waals surface area contributed by atoms with Crippen LogP contribution in [0.5, 0.6) is 0 Å². The number of hydrogen-bond acceptors (Lipinski definition) is 6. The molecular weight excluding hydrogens is 501 g/mol. The highest BCUT2D eigenvalue weighted by atomic mass is 19.4. The Labute approximate surface area is 221 Å². The number of carboxylic acids is 1. The number of aryl methyl sites for hydroxylation is 2. The molecule has 11 heteroatoms. The first-order valence-electron chi connectivity index (χ1n) is 13.7. The van der Waals surface area contributed by atoms with Crippen LogP contribution in [0.4, 0.5) is 19.0 Å². The lowest BCUT2D eigenvalue weighted by Crippen LogP contribution is -2.73. The molecule has 3 fully saturated rings. The van der Waals surface area contributed by atoms with Crippen LogP contribution in [-0.4, -0.2) is 78.5 Å². The number of hydrogen-bond donors (Lipinski definition) is 3. The van der Waals surface area contributed by atoms with Crippen LogP contribution in [0.25, 0.3) is 0 Å². The Morgan fingerprint density at radius 3 is 2.66 bits per heavy atom. The molecule has 0 aromatic carbocycles. The Kier molecular flexibility index (Phi) is 8.86. The number of halogens is 3. The number of rotatable bonds is 15. The predicted molar refractivity (Wildman–Crippen MR) is 136 cm³/mol. The van der Waals surface area contributed by atoms with Gasteiger partial charge in [0.1, 0.15) is 11.9 Å². The molecule has 1 amide bonds. The zero-order valence-corrected chi connectivity index (χ0v) is 22.0. The average Bonchev–Trinajstić information content (AvgIpc) is 2.81. The van der Waals surface area contributed by atoms with Crippen molar-refractivity contribution in [2.24, 2.45) is 10.8 Å². The summed E-state index contributed by atoms with van der Waals surface area (Å²) in [7, 11) is 0. The molecule has 4 aliphatic rings. The van der Waals surface area contributed by atoms with E-state index in [1.165, 1.54) is 5.56 Å². The lowest BCUT2D eigenvalue weighted by molar-refractivity contribution is -0.351. The number of aliphatic carboxylic acids is 1. The van der Waals surface area contributed by atoms with E-state index in [9.17, 15) is 27.9 Å². The number of fused-ring (bicyclic) bond motifs is 1. The van der Waals surface area contributed by atoms with E-state index < -0.39 is 34.9 Å². The van der Waals surface area contributed by atoms with Crippen LogP contribution in [0.1, 0.15) is 63.1 Å². The minimum atomic E-state index is -4.31. The minimum absolute atomic E-state index is 0.172. The van der Waals surface area contributed by atoms with Gasteiger partial charge in [-0.05, 0) is 82.9 Å². The molecule has 3 N–H and O–H groups in total. The van der Waals surface area contributed by atoms with Crippen LogP contribution in [0, 0.1) is 10.8 Å². The molecule has 8 nitrogen and oxygen atoms in total. The summed E-state index contributed by atoms with van der Waals surface area (Å²) in [5, 5.41) is 15.6. The summed E-state index contributed by atoms with van der Waals surface area (Å²) in [5.41, 5.74) is -0.493. The number of amides is 1. The Balaban J connectivity index is 1.23. The Hall–Kier alpha value is -2.40. The van der Waals surface area contributed by atoms with Gasteiger partial charge in [0.25, 0.3) is 0 Å². The molecule has 0 radical (unpaired) electrons. The first-order valence-corrected chi connectivity index (χ1v) is 13.7. The van der Waals surface area contributed by atoms with Gasteiger partial charge in [-0.1, -0.05) is 6.07 Å². The van der Waals surface area contributed by atoms with E-state index in [1.807, 2.05) is 6.92 Å². The van der Waals surface area contributed by atoms with E-state index in [2.05, 4.69) is 27.7 Å². The van der Waals surface area contributed by atoms with E-state index in [1.54, 1.807) is 0 Å². The number of ether oxygens (including phenoxy) is 1. The number of aromatic nitrogens is 1. The molecule has 1 unspecified atom stereocenters. The number of nitrogens with one attached hydrogen (secondary N) is 2. The fourth-order valence-corrected chi connectivity index (χ4v) is 6.03. The predicted octanol–water partition coefficient (Wildman–Crippen LogP) is 3.79. The molecule has 1 aromatic rings. The van der Waals surface area contributed by atoms with Gasteiger partial charge in [-0.2, -0.15) is 13.2 Å². The first kappa shape index (κ1) is 28.6. The van der Waals surface area contributed by atoms with Crippen molar-refractivity contribution >= 4 is 17.7 Å². The third kappa shape index (κ3) is 6.25. The molecule has 2 heterocycles. The fraction of sp³-hybridized carbons (Fsp3) is 0.741. The van der Waals surface area contributed by atoms with Crippen LogP contribution in [0.15, 0.2) is 12.1 Å². The monoisotopic (exact) mass is 540 g/mol. The molecule has 212 valence electrons. The lowest BCUT2D eigenvalue weighted by atomic mass is 9.34. The van der Waals surface area contributed by atoms with Crippen molar-refractivity contribution in [3.8, 4) is 0 Å². The van der Waals surface area contributed by atoms with E-state index in [0.717, 1.165) is 56.7 Å². The summed E-state index contributed by atoms with van der Waals surface area (Å²) in [5.74, 6) is -0.752.